The van der Waals surface area contributed by atoms with Gasteiger partial charge >= 0.3 is 0 Å². The van der Waals surface area contributed by atoms with Gasteiger partial charge in [0.2, 0.25) is 0 Å². The summed E-state index contributed by atoms with van der Waals surface area (Å²) in [6, 6.07) is 5.15. The molecular weight excluding hydrogens is 294 g/mol. The van der Waals surface area contributed by atoms with Gasteiger partial charge in [-0.1, -0.05) is 23.8 Å². The molecule has 0 bridgehead atoms. The number of nitrogens with one attached hydrogen (secondary N) is 1. The van der Waals surface area contributed by atoms with Crippen molar-refractivity contribution in [2.24, 2.45) is 5.92 Å². The molecule has 1 aromatic carbocycles. The van der Waals surface area contributed by atoms with E-state index in [0.29, 0.717) is 0 Å². The minimum atomic E-state index is -4.20. The van der Waals surface area contributed by atoms with Gasteiger partial charge in [0.1, 0.15) is 0 Å². The first-order chi connectivity index (χ1) is 9.43. The standard InChI is InChI=1S/C14H17NO3S2/c1-10-2-3-13(20(16,17)18)12(8-10)14-5-6-15-9-11(14)4-7-19-14/h2-4,7-8,11,15H,5-6,9H2,1H3,(H,16,17,18). The van der Waals surface area contributed by atoms with Gasteiger partial charge in [-0.3, -0.25) is 4.55 Å². The first-order valence-electron chi connectivity index (χ1n) is 6.57. The molecule has 1 fully saturated rings. The molecule has 6 heteroatoms. The van der Waals surface area contributed by atoms with Crippen LogP contribution in [0.2, 0.25) is 0 Å². The number of hydrogen-bond acceptors (Lipinski definition) is 4. The highest BCUT2D eigenvalue weighted by atomic mass is 32.2. The molecule has 108 valence electrons. The Kier molecular flexibility index (Phi) is 3.44. The highest BCUT2D eigenvalue weighted by Crippen LogP contribution is 2.54. The van der Waals surface area contributed by atoms with Crippen molar-refractivity contribution >= 4 is 21.9 Å². The Bertz CT molecular complexity index is 669. The molecule has 2 N–H and O–H groups in total. The number of thioether (sulfide) groups is 1. The second-order valence-corrected chi connectivity index (χ2v) is 8.00. The summed E-state index contributed by atoms with van der Waals surface area (Å²) in [6.45, 7) is 3.63. The minimum absolute atomic E-state index is 0.0474. The third-order valence-electron chi connectivity index (χ3n) is 4.09. The zero-order chi connectivity index (χ0) is 14.4. The molecule has 2 aliphatic rings. The van der Waals surface area contributed by atoms with E-state index < -0.39 is 10.1 Å². The van der Waals surface area contributed by atoms with Crippen LogP contribution >= 0.6 is 11.8 Å². The van der Waals surface area contributed by atoms with Gasteiger partial charge in [0.15, 0.2) is 0 Å². The van der Waals surface area contributed by atoms with Crippen LogP contribution in [0.5, 0.6) is 0 Å². The van der Waals surface area contributed by atoms with Crippen LogP contribution in [0.25, 0.3) is 0 Å². The Morgan fingerprint density at radius 1 is 1.45 bits per heavy atom. The highest BCUT2D eigenvalue weighted by Gasteiger charge is 2.46. The SMILES string of the molecule is Cc1ccc(S(=O)(=O)O)c(C23CCNCC2C=CS3)c1. The lowest BCUT2D eigenvalue weighted by atomic mass is 9.80. The fourth-order valence-electron chi connectivity index (χ4n) is 3.10. The molecule has 1 saturated heterocycles. The summed E-state index contributed by atoms with van der Waals surface area (Å²) >= 11 is 1.67. The topological polar surface area (TPSA) is 66.4 Å². The largest absolute Gasteiger partial charge is 0.316 e. The van der Waals surface area contributed by atoms with E-state index in [0.717, 1.165) is 30.6 Å². The molecule has 2 aliphatic heterocycles. The fraction of sp³-hybridized carbons (Fsp3) is 0.429. The molecule has 0 amide bonds. The minimum Gasteiger partial charge on any atom is -0.316 e. The van der Waals surface area contributed by atoms with E-state index in [1.165, 1.54) is 6.07 Å². The van der Waals surface area contributed by atoms with Crippen LogP contribution in [0, 0.1) is 12.8 Å². The average molecular weight is 311 g/mol. The summed E-state index contributed by atoms with van der Waals surface area (Å²) in [5, 5.41) is 5.40. The van der Waals surface area contributed by atoms with E-state index in [1.807, 2.05) is 18.4 Å². The Morgan fingerprint density at radius 3 is 3.00 bits per heavy atom. The molecule has 2 atom stereocenters. The average Bonchev–Trinajstić information content (AvgIpc) is 2.82. The van der Waals surface area contributed by atoms with Crippen molar-refractivity contribution < 1.29 is 13.0 Å². The lowest BCUT2D eigenvalue weighted by molar-refractivity contribution is 0.346. The molecule has 4 nitrogen and oxygen atoms in total. The van der Waals surface area contributed by atoms with E-state index in [2.05, 4.69) is 11.4 Å². The van der Waals surface area contributed by atoms with Gasteiger partial charge in [-0.2, -0.15) is 8.42 Å². The second kappa shape index (κ2) is 4.87. The summed E-state index contributed by atoms with van der Waals surface area (Å²) in [4.78, 5) is 0.0474. The predicted molar refractivity (Wildman–Crippen MR) is 80.4 cm³/mol. The molecule has 0 aliphatic carbocycles. The summed E-state index contributed by atoms with van der Waals surface area (Å²) < 4.78 is 32.7. The van der Waals surface area contributed by atoms with Gasteiger partial charge in [-0.15, -0.1) is 11.8 Å². The molecule has 1 aromatic rings. The fourth-order valence-corrected chi connectivity index (χ4v) is 5.29. The van der Waals surface area contributed by atoms with Gasteiger partial charge in [-0.25, -0.2) is 0 Å². The van der Waals surface area contributed by atoms with Gasteiger partial charge in [0.05, 0.1) is 9.64 Å². The van der Waals surface area contributed by atoms with E-state index >= 15 is 0 Å². The number of hydrogen-bond donors (Lipinski definition) is 2. The smallest absolute Gasteiger partial charge is 0.294 e. The van der Waals surface area contributed by atoms with E-state index in [1.54, 1.807) is 17.8 Å². The molecular formula is C14H17NO3S2. The molecule has 0 aromatic heterocycles. The maximum Gasteiger partial charge on any atom is 0.294 e. The Labute approximate surface area is 123 Å². The Hall–Kier alpha value is -0.820. The summed E-state index contributed by atoms with van der Waals surface area (Å²) in [5.41, 5.74) is 1.74. The number of aryl methyl sites for hydroxylation is 1. The van der Waals surface area contributed by atoms with E-state index in [4.69, 9.17) is 0 Å². The zero-order valence-corrected chi connectivity index (χ0v) is 12.8. The Balaban J connectivity index is 2.20. The highest BCUT2D eigenvalue weighted by molar-refractivity contribution is 8.03. The van der Waals surface area contributed by atoms with Crippen molar-refractivity contribution in [3.05, 3.63) is 40.8 Å². The first kappa shape index (κ1) is 14.1. The number of fused-ring (bicyclic) bond motifs is 1. The van der Waals surface area contributed by atoms with E-state index in [-0.39, 0.29) is 15.6 Å². The zero-order valence-electron chi connectivity index (χ0n) is 11.2. The number of rotatable bonds is 2. The lowest BCUT2D eigenvalue weighted by Gasteiger charge is -2.40. The van der Waals surface area contributed by atoms with Crippen LogP contribution in [0.1, 0.15) is 17.5 Å². The van der Waals surface area contributed by atoms with Crippen LogP contribution in [0.4, 0.5) is 0 Å². The van der Waals surface area contributed by atoms with Gasteiger partial charge in [0.25, 0.3) is 10.1 Å². The number of piperidine rings is 1. The van der Waals surface area contributed by atoms with Gasteiger partial charge < -0.3 is 5.32 Å². The molecule has 2 heterocycles. The van der Waals surface area contributed by atoms with Crippen molar-refractivity contribution in [3.8, 4) is 0 Å². The predicted octanol–water partition coefficient (Wildman–Crippen LogP) is 2.31. The molecule has 0 spiro atoms. The first-order valence-corrected chi connectivity index (χ1v) is 8.89. The Morgan fingerprint density at radius 2 is 2.25 bits per heavy atom. The molecule has 3 rings (SSSR count). The summed E-state index contributed by atoms with van der Waals surface area (Å²) in [7, 11) is -4.20. The van der Waals surface area contributed by atoms with Crippen molar-refractivity contribution in [2.75, 3.05) is 13.1 Å². The third kappa shape index (κ3) is 2.20. The quantitative estimate of drug-likeness (QED) is 0.821. The van der Waals surface area contributed by atoms with Crippen molar-refractivity contribution in [3.63, 3.8) is 0 Å². The second-order valence-electron chi connectivity index (χ2n) is 5.37. The van der Waals surface area contributed by atoms with Crippen molar-refractivity contribution in [1.82, 2.24) is 5.32 Å². The lowest BCUT2D eigenvalue weighted by Crippen LogP contribution is -2.44. The molecule has 2 unspecified atom stereocenters. The monoisotopic (exact) mass is 311 g/mol. The van der Waals surface area contributed by atoms with Crippen LogP contribution in [0.3, 0.4) is 0 Å². The molecule has 0 saturated carbocycles. The maximum absolute atomic E-state index is 11.7. The van der Waals surface area contributed by atoms with Crippen LogP contribution in [0.15, 0.2) is 34.6 Å². The van der Waals surface area contributed by atoms with E-state index in [9.17, 15) is 13.0 Å². The van der Waals surface area contributed by atoms with Crippen LogP contribution < -0.4 is 5.32 Å². The van der Waals surface area contributed by atoms with Crippen molar-refractivity contribution in [2.45, 2.75) is 23.0 Å². The third-order valence-corrected chi connectivity index (χ3v) is 6.45. The summed E-state index contributed by atoms with van der Waals surface area (Å²) in [6.07, 6.45) is 2.98. The normalized spacial score (nSPS) is 29.4. The van der Waals surface area contributed by atoms with Gasteiger partial charge in [-0.05, 0) is 36.9 Å². The van der Waals surface area contributed by atoms with Gasteiger partial charge in [0, 0.05) is 12.5 Å². The maximum atomic E-state index is 11.7. The molecule has 20 heavy (non-hydrogen) atoms. The van der Waals surface area contributed by atoms with Crippen LogP contribution in [-0.2, 0) is 14.9 Å². The number of benzene rings is 1. The molecule has 0 radical (unpaired) electrons. The summed E-state index contributed by atoms with van der Waals surface area (Å²) in [5.74, 6) is 0.253. The van der Waals surface area contributed by atoms with Crippen molar-refractivity contribution in [1.29, 1.82) is 0 Å². The van der Waals surface area contributed by atoms with Crippen LogP contribution in [-0.4, -0.2) is 26.1 Å².